The average Bonchev–Trinajstić information content (AvgIpc) is 2.27. The van der Waals surface area contributed by atoms with Gasteiger partial charge in [0.25, 0.3) is 0 Å². The summed E-state index contributed by atoms with van der Waals surface area (Å²) in [7, 11) is 0. The molecule has 0 unspecified atom stereocenters. The minimum atomic E-state index is -0.350. The van der Waals surface area contributed by atoms with Crippen LogP contribution < -0.4 is 5.32 Å². The lowest BCUT2D eigenvalue weighted by atomic mass is 9.66. The number of nitrogens with one attached hydrogen (secondary N) is 1. The van der Waals surface area contributed by atoms with E-state index in [1.807, 2.05) is 20.8 Å². The molecule has 0 radical (unpaired) electrons. The van der Waals surface area contributed by atoms with E-state index in [1.54, 1.807) is 0 Å². The van der Waals surface area contributed by atoms with Crippen LogP contribution in [0.1, 0.15) is 59.3 Å². The highest BCUT2D eigenvalue weighted by atomic mass is 16.6. The van der Waals surface area contributed by atoms with Gasteiger partial charge in [-0.25, -0.2) is 0 Å². The summed E-state index contributed by atoms with van der Waals surface area (Å²) in [4.78, 5) is 11.7. The molecule has 3 heteroatoms. The Hall–Kier alpha value is -0.570. The Morgan fingerprint density at radius 2 is 2.00 bits per heavy atom. The number of fused-ring (bicyclic) bond motifs is 3. The van der Waals surface area contributed by atoms with Crippen molar-refractivity contribution in [3.05, 3.63) is 0 Å². The first-order chi connectivity index (χ1) is 7.89. The second kappa shape index (κ2) is 4.60. The van der Waals surface area contributed by atoms with Crippen LogP contribution in [0.25, 0.3) is 0 Å². The molecule has 2 bridgehead atoms. The molecule has 2 aliphatic heterocycles. The van der Waals surface area contributed by atoms with E-state index >= 15 is 0 Å². The number of hydrogen-bond acceptors (Lipinski definition) is 3. The molecule has 1 N–H and O–H groups in total. The van der Waals surface area contributed by atoms with Crippen molar-refractivity contribution in [1.29, 1.82) is 0 Å². The fourth-order valence-corrected chi connectivity index (χ4v) is 3.07. The number of rotatable bonds is 3. The molecule has 0 amide bonds. The van der Waals surface area contributed by atoms with Gasteiger partial charge in [0.05, 0.1) is 0 Å². The van der Waals surface area contributed by atoms with Gasteiger partial charge >= 0.3 is 5.97 Å². The van der Waals surface area contributed by atoms with Gasteiger partial charge in [0.2, 0.25) is 0 Å². The van der Waals surface area contributed by atoms with Crippen LogP contribution in [-0.4, -0.2) is 24.2 Å². The molecule has 2 heterocycles. The molecular weight excluding hydrogens is 214 g/mol. The first kappa shape index (κ1) is 12.9. The lowest BCUT2D eigenvalue weighted by Gasteiger charge is -2.47. The van der Waals surface area contributed by atoms with E-state index in [0.29, 0.717) is 11.8 Å². The van der Waals surface area contributed by atoms with E-state index in [0.717, 1.165) is 19.0 Å². The van der Waals surface area contributed by atoms with Gasteiger partial charge in [-0.1, -0.05) is 0 Å². The normalized spacial score (nSPS) is 32.5. The standard InChI is InChI=1S/C14H25NO2/c1-13(2,3)17-12(16)6-9-14-7-4-11(5-8-14)15-10-14/h11,15H,4-10H2,1-3H3. The molecule has 0 aromatic rings. The minimum Gasteiger partial charge on any atom is -0.460 e. The zero-order valence-corrected chi connectivity index (χ0v) is 11.3. The Bertz CT molecular complexity index is 271. The first-order valence-electron chi connectivity index (χ1n) is 6.84. The molecule has 0 spiro atoms. The van der Waals surface area contributed by atoms with Crippen molar-refractivity contribution >= 4 is 5.97 Å². The Labute approximate surface area is 104 Å². The Morgan fingerprint density at radius 3 is 2.47 bits per heavy atom. The summed E-state index contributed by atoms with van der Waals surface area (Å²) in [5, 5.41) is 3.58. The van der Waals surface area contributed by atoms with Gasteiger partial charge in [0.1, 0.15) is 5.60 Å². The van der Waals surface area contributed by atoms with Gasteiger partial charge in [0, 0.05) is 19.0 Å². The molecule has 0 atom stereocenters. The molecule has 2 saturated heterocycles. The van der Waals surface area contributed by atoms with Crippen LogP contribution in [0.15, 0.2) is 0 Å². The summed E-state index contributed by atoms with van der Waals surface area (Å²) in [6.45, 7) is 6.88. The van der Waals surface area contributed by atoms with Crippen molar-refractivity contribution in [1.82, 2.24) is 5.32 Å². The Balaban J connectivity index is 1.79. The summed E-state index contributed by atoms with van der Waals surface area (Å²) in [6.07, 6.45) is 6.70. The monoisotopic (exact) mass is 239 g/mol. The van der Waals surface area contributed by atoms with Crippen molar-refractivity contribution in [3.63, 3.8) is 0 Å². The summed E-state index contributed by atoms with van der Waals surface area (Å²) >= 11 is 0. The number of hydrogen-bond donors (Lipinski definition) is 1. The molecular formula is C14H25NO2. The molecule has 3 rings (SSSR count). The molecule has 3 fully saturated rings. The lowest BCUT2D eigenvalue weighted by Crippen LogP contribution is -2.51. The third kappa shape index (κ3) is 3.44. The summed E-state index contributed by atoms with van der Waals surface area (Å²) in [5.41, 5.74) is 0.0306. The maximum absolute atomic E-state index is 11.7. The van der Waals surface area contributed by atoms with Crippen molar-refractivity contribution in [2.24, 2.45) is 5.41 Å². The Morgan fingerprint density at radius 1 is 1.35 bits per heavy atom. The van der Waals surface area contributed by atoms with E-state index in [4.69, 9.17) is 4.74 Å². The summed E-state index contributed by atoms with van der Waals surface area (Å²) in [5.74, 6) is -0.0421. The lowest BCUT2D eigenvalue weighted by molar-refractivity contribution is -0.155. The molecule has 1 aliphatic carbocycles. The van der Waals surface area contributed by atoms with Crippen LogP contribution in [0.4, 0.5) is 0 Å². The van der Waals surface area contributed by atoms with Crippen LogP contribution in [0, 0.1) is 5.41 Å². The van der Waals surface area contributed by atoms with E-state index in [1.165, 1.54) is 25.7 Å². The topological polar surface area (TPSA) is 38.3 Å². The third-order valence-corrected chi connectivity index (χ3v) is 4.09. The zero-order chi connectivity index (χ0) is 12.5. The van der Waals surface area contributed by atoms with Gasteiger partial charge in [-0.3, -0.25) is 4.79 Å². The van der Waals surface area contributed by atoms with Crippen LogP contribution >= 0.6 is 0 Å². The van der Waals surface area contributed by atoms with Crippen LogP contribution in [0.5, 0.6) is 0 Å². The van der Waals surface area contributed by atoms with Crippen molar-refractivity contribution in [3.8, 4) is 0 Å². The molecule has 1 saturated carbocycles. The maximum Gasteiger partial charge on any atom is 0.306 e. The van der Waals surface area contributed by atoms with Gasteiger partial charge in [-0.05, 0) is 58.3 Å². The largest absolute Gasteiger partial charge is 0.460 e. The van der Waals surface area contributed by atoms with Gasteiger partial charge in [-0.15, -0.1) is 0 Å². The number of piperidine rings is 2. The molecule has 17 heavy (non-hydrogen) atoms. The van der Waals surface area contributed by atoms with Crippen LogP contribution in [0.3, 0.4) is 0 Å². The highest BCUT2D eigenvalue weighted by Gasteiger charge is 2.40. The molecule has 3 aliphatic rings. The number of ether oxygens (including phenoxy) is 1. The SMILES string of the molecule is CC(C)(C)OC(=O)CCC12CCC(CC1)NC2. The van der Waals surface area contributed by atoms with Gasteiger partial charge in [0.15, 0.2) is 0 Å². The fraction of sp³-hybridized carbons (Fsp3) is 0.929. The molecule has 0 aromatic carbocycles. The van der Waals surface area contributed by atoms with Crippen molar-refractivity contribution in [2.45, 2.75) is 70.9 Å². The quantitative estimate of drug-likeness (QED) is 0.769. The van der Waals surface area contributed by atoms with E-state index in [2.05, 4.69) is 5.32 Å². The highest BCUT2D eigenvalue weighted by Crippen LogP contribution is 2.43. The predicted molar refractivity (Wildman–Crippen MR) is 67.8 cm³/mol. The molecule has 0 aromatic heterocycles. The maximum atomic E-state index is 11.7. The second-order valence-corrected chi connectivity index (χ2v) is 6.74. The number of carbonyl (C=O) groups excluding carboxylic acids is 1. The fourth-order valence-electron chi connectivity index (χ4n) is 3.07. The molecule has 98 valence electrons. The van der Waals surface area contributed by atoms with E-state index in [9.17, 15) is 4.79 Å². The summed E-state index contributed by atoms with van der Waals surface area (Å²) in [6, 6.07) is 0.749. The highest BCUT2D eigenvalue weighted by molar-refractivity contribution is 5.69. The number of esters is 1. The van der Waals surface area contributed by atoms with E-state index < -0.39 is 0 Å². The van der Waals surface area contributed by atoms with Crippen LogP contribution in [0.2, 0.25) is 0 Å². The van der Waals surface area contributed by atoms with E-state index in [-0.39, 0.29) is 11.6 Å². The molecule has 3 nitrogen and oxygen atoms in total. The third-order valence-electron chi connectivity index (χ3n) is 4.09. The first-order valence-corrected chi connectivity index (χ1v) is 6.84. The minimum absolute atomic E-state index is 0.0421. The smallest absolute Gasteiger partial charge is 0.306 e. The van der Waals surface area contributed by atoms with Crippen molar-refractivity contribution < 1.29 is 9.53 Å². The predicted octanol–water partition coefficient (Wildman–Crippen LogP) is 2.64. The van der Waals surface area contributed by atoms with Crippen LogP contribution in [-0.2, 0) is 9.53 Å². The zero-order valence-electron chi connectivity index (χ0n) is 11.3. The average molecular weight is 239 g/mol. The van der Waals surface area contributed by atoms with Gasteiger partial charge in [-0.2, -0.15) is 0 Å². The van der Waals surface area contributed by atoms with Gasteiger partial charge < -0.3 is 10.1 Å². The number of carbonyl (C=O) groups is 1. The van der Waals surface area contributed by atoms with Crippen molar-refractivity contribution in [2.75, 3.05) is 6.54 Å². The second-order valence-electron chi connectivity index (χ2n) is 6.74. The summed E-state index contributed by atoms with van der Waals surface area (Å²) < 4.78 is 5.37. The Kier molecular flexibility index (Phi) is 3.48.